The number of benzene rings is 1. The normalized spacial score (nSPS) is 21.3. The van der Waals surface area contributed by atoms with Gasteiger partial charge in [-0.25, -0.2) is 0 Å². The van der Waals surface area contributed by atoms with E-state index < -0.39 is 11.6 Å². The van der Waals surface area contributed by atoms with Crippen molar-refractivity contribution in [3.8, 4) is 0 Å². The first-order chi connectivity index (χ1) is 9.99. The highest BCUT2D eigenvalue weighted by Gasteiger charge is 2.47. The summed E-state index contributed by atoms with van der Waals surface area (Å²) in [7, 11) is 0. The molecule has 1 heterocycles. The van der Waals surface area contributed by atoms with Crippen LogP contribution in [0.4, 0.5) is 5.69 Å². The van der Waals surface area contributed by atoms with Crippen LogP contribution in [0.1, 0.15) is 46.1 Å². The Morgan fingerprint density at radius 2 is 1.67 bits per heavy atom. The van der Waals surface area contributed by atoms with Gasteiger partial charge in [-0.3, -0.25) is 14.5 Å². The van der Waals surface area contributed by atoms with Crippen molar-refractivity contribution in [1.82, 2.24) is 5.32 Å². The first-order valence-corrected chi connectivity index (χ1v) is 7.73. The van der Waals surface area contributed by atoms with Gasteiger partial charge in [-0.15, -0.1) is 0 Å². The topological polar surface area (TPSA) is 49.4 Å². The van der Waals surface area contributed by atoms with Gasteiger partial charge in [0.2, 0.25) is 5.91 Å². The molecule has 1 aromatic carbocycles. The molecule has 114 valence electrons. The van der Waals surface area contributed by atoms with Gasteiger partial charge < -0.3 is 5.32 Å². The predicted octanol–water partition coefficient (Wildman–Crippen LogP) is 2.66. The summed E-state index contributed by atoms with van der Waals surface area (Å²) in [5.74, 6) is -0.0956. The van der Waals surface area contributed by atoms with E-state index in [-0.39, 0.29) is 11.8 Å². The molecule has 2 rings (SSSR count). The van der Waals surface area contributed by atoms with E-state index in [1.165, 1.54) is 5.56 Å². The minimum absolute atomic E-state index is 0.0103. The molecule has 2 amide bonds. The number of carbonyl (C=O) groups excluding carboxylic acids is 2. The maximum atomic E-state index is 12.9. The molecule has 21 heavy (non-hydrogen) atoms. The van der Waals surface area contributed by atoms with E-state index in [2.05, 4.69) is 12.2 Å². The number of hydrogen-bond acceptors (Lipinski definition) is 2. The number of piperazine rings is 1. The third-order valence-electron chi connectivity index (χ3n) is 4.59. The zero-order chi connectivity index (χ0) is 15.6. The van der Waals surface area contributed by atoms with Crippen molar-refractivity contribution in [2.45, 2.75) is 58.5 Å². The Morgan fingerprint density at radius 1 is 1.10 bits per heavy atom. The summed E-state index contributed by atoms with van der Waals surface area (Å²) in [5, 5.41) is 2.92. The molecule has 1 fully saturated rings. The van der Waals surface area contributed by atoms with Crippen LogP contribution in [0.5, 0.6) is 0 Å². The molecule has 1 atom stereocenters. The summed E-state index contributed by atoms with van der Waals surface area (Å²) in [5.41, 5.74) is 1.25. The van der Waals surface area contributed by atoms with Gasteiger partial charge in [0.1, 0.15) is 11.6 Å². The number of carbonyl (C=O) groups is 2. The zero-order valence-electron chi connectivity index (χ0n) is 13.3. The largest absolute Gasteiger partial charge is 0.340 e. The molecule has 0 saturated carbocycles. The van der Waals surface area contributed by atoms with E-state index in [4.69, 9.17) is 0 Å². The van der Waals surface area contributed by atoms with E-state index in [1.54, 1.807) is 11.8 Å². The lowest BCUT2D eigenvalue weighted by atomic mass is 9.87. The van der Waals surface area contributed by atoms with Crippen LogP contribution < -0.4 is 10.2 Å². The molecule has 0 radical (unpaired) electrons. The molecule has 4 nitrogen and oxygen atoms in total. The van der Waals surface area contributed by atoms with Crippen molar-refractivity contribution < 1.29 is 9.59 Å². The Morgan fingerprint density at radius 3 is 2.14 bits per heavy atom. The quantitative estimate of drug-likeness (QED) is 0.926. The van der Waals surface area contributed by atoms with Crippen LogP contribution in [0, 0.1) is 0 Å². The Bertz CT molecular complexity index is 532. The van der Waals surface area contributed by atoms with Crippen LogP contribution >= 0.6 is 0 Å². The highest BCUT2D eigenvalue weighted by atomic mass is 16.2. The molecule has 1 saturated heterocycles. The van der Waals surface area contributed by atoms with Gasteiger partial charge in [0.25, 0.3) is 5.91 Å². The number of hydrogen-bond donors (Lipinski definition) is 1. The summed E-state index contributed by atoms with van der Waals surface area (Å²) in [4.78, 5) is 26.9. The summed E-state index contributed by atoms with van der Waals surface area (Å²) < 4.78 is 0. The molecular weight excluding hydrogens is 264 g/mol. The van der Waals surface area contributed by atoms with Crippen LogP contribution in [0.15, 0.2) is 24.3 Å². The summed E-state index contributed by atoms with van der Waals surface area (Å²) in [6.07, 6.45) is 2.16. The Hall–Kier alpha value is -1.84. The number of rotatable bonds is 4. The average molecular weight is 288 g/mol. The highest BCUT2D eigenvalue weighted by Crippen LogP contribution is 2.29. The minimum Gasteiger partial charge on any atom is -0.340 e. The first kappa shape index (κ1) is 15.5. The Kier molecular flexibility index (Phi) is 4.35. The van der Waals surface area contributed by atoms with Crippen molar-refractivity contribution in [2.24, 2.45) is 0 Å². The van der Waals surface area contributed by atoms with Gasteiger partial charge in [-0.1, -0.05) is 32.9 Å². The lowest BCUT2D eigenvalue weighted by molar-refractivity contribution is -0.138. The van der Waals surface area contributed by atoms with Crippen molar-refractivity contribution in [3.05, 3.63) is 29.8 Å². The van der Waals surface area contributed by atoms with Gasteiger partial charge in [-0.2, -0.15) is 0 Å². The Balaban J connectivity index is 2.42. The summed E-state index contributed by atoms with van der Waals surface area (Å²) in [6, 6.07) is 7.42. The molecule has 0 aliphatic carbocycles. The minimum atomic E-state index is -0.771. The maximum Gasteiger partial charge on any atom is 0.253 e. The van der Waals surface area contributed by atoms with Crippen LogP contribution in [0.2, 0.25) is 0 Å². The van der Waals surface area contributed by atoms with Gasteiger partial charge in [-0.05, 0) is 43.9 Å². The molecule has 1 unspecified atom stereocenters. The lowest BCUT2D eigenvalue weighted by Crippen LogP contribution is -2.69. The van der Waals surface area contributed by atoms with E-state index in [1.807, 2.05) is 38.1 Å². The second kappa shape index (κ2) is 5.88. The number of aryl methyl sites for hydroxylation is 1. The van der Waals surface area contributed by atoms with Gasteiger partial charge in [0, 0.05) is 5.69 Å². The monoisotopic (exact) mass is 288 g/mol. The summed E-state index contributed by atoms with van der Waals surface area (Å²) >= 11 is 0. The maximum absolute atomic E-state index is 12.9. The van der Waals surface area contributed by atoms with Crippen LogP contribution in [-0.4, -0.2) is 23.4 Å². The molecule has 1 aliphatic heterocycles. The van der Waals surface area contributed by atoms with E-state index in [9.17, 15) is 9.59 Å². The molecule has 1 aromatic rings. The SMILES string of the molecule is CCc1ccc(N2C(=O)C(CC)(CC)NC(=O)C2C)cc1. The lowest BCUT2D eigenvalue weighted by Gasteiger charge is -2.44. The first-order valence-electron chi connectivity index (χ1n) is 7.73. The van der Waals surface area contributed by atoms with E-state index >= 15 is 0 Å². The molecule has 1 N–H and O–H groups in total. The third kappa shape index (κ3) is 2.55. The fourth-order valence-corrected chi connectivity index (χ4v) is 2.88. The Labute approximate surface area is 126 Å². The van der Waals surface area contributed by atoms with Crippen LogP contribution in [0.25, 0.3) is 0 Å². The van der Waals surface area contributed by atoms with Gasteiger partial charge in [0.15, 0.2) is 0 Å². The number of nitrogens with zero attached hydrogens (tertiary/aromatic N) is 1. The van der Waals surface area contributed by atoms with Gasteiger partial charge in [0.05, 0.1) is 0 Å². The number of anilines is 1. The van der Waals surface area contributed by atoms with E-state index in [0.717, 1.165) is 12.1 Å². The highest BCUT2D eigenvalue weighted by molar-refractivity contribution is 6.10. The van der Waals surface area contributed by atoms with Crippen molar-refractivity contribution >= 4 is 17.5 Å². The second-order valence-electron chi connectivity index (χ2n) is 5.65. The van der Waals surface area contributed by atoms with Gasteiger partial charge >= 0.3 is 0 Å². The number of amides is 2. The van der Waals surface area contributed by atoms with Crippen molar-refractivity contribution in [3.63, 3.8) is 0 Å². The molecule has 0 spiro atoms. The smallest absolute Gasteiger partial charge is 0.253 e. The molecular formula is C17H24N2O2. The molecule has 1 aliphatic rings. The predicted molar refractivity (Wildman–Crippen MR) is 84.2 cm³/mol. The third-order valence-corrected chi connectivity index (χ3v) is 4.59. The fraction of sp³-hybridized carbons (Fsp3) is 0.529. The average Bonchev–Trinajstić information content (AvgIpc) is 2.52. The van der Waals surface area contributed by atoms with Crippen molar-refractivity contribution in [1.29, 1.82) is 0 Å². The second-order valence-corrected chi connectivity index (χ2v) is 5.65. The summed E-state index contributed by atoms with van der Waals surface area (Å²) in [6.45, 7) is 7.75. The molecule has 4 heteroatoms. The van der Waals surface area contributed by atoms with Crippen LogP contribution in [0.3, 0.4) is 0 Å². The zero-order valence-corrected chi connectivity index (χ0v) is 13.3. The molecule has 0 bridgehead atoms. The standard InChI is InChI=1S/C17H24N2O2/c1-5-13-8-10-14(11-9-13)19-12(4)15(20)18-17(6-2,7-3)16(19)21/h8-12H,5-7H2,1-4H3,(H,18,20). The van der Waals surface area contributed by atoms with Crippen LogP contribution in [-0.2, 0) is 16.0 Å². The fourth-order valence-electron chi connectivity index (χ4n) is 2.88. The number of nitrogens with one attached hydrogen (secondary N) is 1. The van der Waals surface area contributed by atoms with Crippen molar-refractivity contribution in [2.75, 3.05) is 4.90 Å². The van der Waals surface area contributed by atoms with E-state index in [0.29, 0.717) is 12.8 Å². The molecule has 0 aromatic heterocycles.